The van der Waals surface area contributed by atoms with Gasteiger partial charge in [-0.05, 0) is 0 Å². The molecule has 0 saturated heterocycles. The number of rotatable bonds is 0. The molecule has 0 saturated carbocycles. The summed E-state index contributed by atoms with van der Waals surface area (Å²) >= 11 is -7.94. The van der Waals surface area contributed by atoms with E-state index in [9.17, 15) is 0 Å². The minimum absolute atomic E-state index is 0. The molecule has 7 heteroatoms. The first-order valence-corrected chi connectivity index (χ1v) is 5.40. The van der Waals surface area contributed by atoms with Crippen molar-refractivity contribution in [3.05, 3.63) is 0 Å². The van der Waals surface area contributed by atoms with E-state index in [1.165, 1.54) is 0 Å². The van der Waals surface area contributed by atoms with Gasteiger partial charge in [0.05, 0.1) is 0 Å². The van der Waals surface area contributed by atoms with Crippen molar-refractivity contribution < 1.29 is 31.9 Å². The summed E-state index contributed by atoms with van der Waals surface area (Å²) in [6.07, 6.45) is 0. The third-order valence-corrected chi connectivity index (χ3v) is 0. The van der Waals surface area contributed by atoms with Crippen LogP contribution in [0.25, 0.3) is 0 Å². The van der Waals surface area contributed by atoms with Crippen molar-refractivity contribution in [1.82, 2.24) is 0 Å². The van der Waals surface area contributed by atoms with E-state index >= 15 is 0 Å². The van der Waals surface area contributed by atoms with Crippen LogP contribution < -0.4 is 0 Å². The molecule has 0 aliphatic rings. The van der Waals surface area contributed by atoms with Gasteiger partial charge >= 0.3 is 50.8 Å². The fraction of sp³-hybridized carbons (Fsp3) is 0. The Morgan fingerprint density at radius 1 is 0.714 bits per heavy atom. The van der Waals surface area contributed by atoms with Crippen LogP contribution in [-0.2, 0) is 31.9 Å². The summed E-state index contributed by atoms with van der Waals surface area (Å²) < 4.78 is 43.3. The third-order valence-electron chi connectivity index (χ3n) is 0. The van der Waals surface area contributed by atoms with Crippen LogP contribution in [-0.4, -0.2) is 18.9 Å². The Morgan fingerprint density at radius 2 is 0.714 bits per heavy atom. The van der Waals surface area contributed by atoms with Gasteiger partial charge in [0.15, 0.2) is 0 Å². The molecule has 0 fully saturated rings. The van der Waals surface area contributed by atoms with E-state index in [1.807, 2.05) is 0 Å². The monoisotopic (exact) mass is 181 g/mol. The molecule has 0 aromatic heterocycles. The van der Waals surface area contributed by atoms with Crippen molar-refractivity contribution in [3.8, 4) is 0 Å². The SMILES string of the molecule is [LiH].[O]=[Nb](=[O])(=[O])(=[O])=[O]. The van der Waals surface area contributed by atoms with Crippen LogP contribution in [0.5, 0.6) is 0 Å². The molecular weight excluding hydrogens is 180 g/mol. The molecule has 0 spiro atoms. The molecular formula is HLiNbO5. The molecule has 0 aromatic rings. The standard InChI is InChI=1S/Li.Nb.5O.H. The van der Waals surface area contributed by atoms with Crippen LogP contribution in [0.3, 0.4) is 0 Å². The molecule has 0 bridgehead atoms. The predicted molar refractivity (Wildman–Crippen MR) is 10.6 cm³/mol. The van der Waals surface area contributed by atoms with E-state index in [4.69, 9.17) is 16.3 Å². The van der Waals surface area contributed by atoms with Gasteiger partial charge in [-0.15, -0.1) is 0 Å². The van der Waals surface area contributed by atoms with Crippen molar-refractivity contribution in [1.29, 1.82) is 0 Å². The molecule has 0 aliphatic carbocycles. The zero-order valence-corrected chi connectivity index (χ0v) is 4.69. The molecule has 0 unspecified atom stereocenters. The summed E-state index contributed by atoms with van der Waals surface area (Å²) in [6, 6.07) is 0. The first-order valence-electron chi connectivity index (χ1n) is 0.913. The summed E-state index contributed by atoms with van der Waals surface area (Å²) in [5.41, 5.74) is 0. The molecule has 0 aromatic carbocycles. The van der Waals surface area contributed by atoms with Gasteiger partial charge in [-0.3, -0.25) is 0 Å². The van der Waals surface area contributed by atoms with Gasteiger partial charge < -0.3 is 0 Å². The summed E-state index contributed by atoms with van der Waals surface area (Å²) in [6.45, 7) is 0. The number of hydrogen-bond acceptors (Lipinski definition) is 5. The fourth-order valence-corrected chi connectivity index (χ4v) is 0. The van der Waals surface area contributed by atoms with Crippen molar-refractivity contribution in [3.63, 3.8) is 0 Å². The van der Waals surface area contributed by atoms with Crippen LogP contribution in [0, 0.1) is 0 Å². The van der Waals surface area contributed by atoms with Crippen molar-refractivity contribution in [2.45, 2.75) is 0 Å². The molecule has 0 N–H and O–H groups in total. The molecule has 0 atom stereocenters. The van der Waals surface area contributed by atoms with E-state index in [2.05, 4.69) is 0 Å². The van der Waals surface area contributed by atoms with Crippen molar-refractivity contribution in [2.24, 2.45) is 0 Å². The van der Waals surface area contributed by atoms with Gasteiger partial charge in [-0.25, -0.2) is 0 Å². The Hall–Kier alpha value is 0.338. The zero-order valence-electron chi connectivity index (χ0n) is 2.49. The van der Waals surface area contributed by atoms with E-state index < -0.39 is 15.7 Å². The Morgan fingerprint density at radius 3 is 0.714 bits per heavy atom. The zero-order chi connectivity index (χ0) is 5.45. The molecule has 0 aliphatic heterocycles. The first-order chi connectivity index (χ1) is 2.24. The van der Waals surface area contributed by atoms with Gasteiger partial charge in [0.2, 0.25) is 0 Å². The average molecular weight is 181 g/mol. The topological polar surface area (TPSA) is 85.3 Å². The normalized spacial score (nSPS) is 8.57. The summed E-state index contributed by atoms with van der Waals surface area (Å²) in [5.74, 6) is 0. The summed E-state index contributed by atoms with van der Waals surface area (Å²) in [7, 11) is 0. The summed E-state index contributed by atoms with van der Waals surface area (Å²) in [5, 5.41) is 0. The van der Waals surface area contributed by atoms with Gasteiger partial charge in [-0.2, -0.15) is 0 Å². The molecule has 0 radical (unpaired) electrons. The van der Waals surface area contributed by atoms with Crippen LogP contribution >= 0.6 is 0 Å². The predicted octanol–water partition coefficient (Wildman–Crippen LogP) is -1.25. The van der Waals surface area contributed by atoms with E-state index in [0.717, 1.165) is 0 Å². The van der Waals surface area contributed by atoms with Crippen LogP contribution in [0.1, 0.15) is 0 Å². The molecule has 0 amide bonds. The van der Waals surface area contributed by atoms with E-state index in [1.54, 1.807) is 0 Å². The fourth-order valence-electron chi connectivity index (χ4n) is 0. The maximum absolute atomic E-state index is 8.66. The van der Waals surface area contributed by atoms with Crippen molar-refractivity contribution >= 4 is 18.9 Å². The van der Waals surface area contributed by atoms with Crippen molar-refractivity contribution in [2.75, 3.05) is 0 Å². The first kappa shape index (κ1) is 10.3. The average Bonchev–Trinajstić information content (AvgIpc) is 0.650. The second kappa shape index (κ2) is 1.69. The van der Waals surface area contributed by atoms with Gasteiger partial charge in [0.1, 0.15) is 0 Å². The Labute approximate surface area is 50.9 Å². The maximum atomic E-state index is 8.66. The Balaban J connectivity index is 0. The molecule has 0 rings (SSSR count). The second-order valence-electron chi connectivity index (χ2n) is 0.745. The quantitative estimate of drug-likeness (QED) is 0.436. The van der Waals surface area contributed by atoms with Crippen LogP contribution in [0.4, 0.5) is 0 Å². The third kappa shape index (κ3) is 1050. The summed E-state index contributed by atoms with van der Waals surface area (Å²) in [4.78, 5) is 0. The van der Waals surface area contributed by atoms with E-state index in [0.29, 0.717) is 0 Å². The molecule has 7 heavy (non-hydrogen) atoms. The number of hydrogen-bond donors (Lipinski definition) is 0. The molecule has 0 heterocycles. The Bertz CT molecular complexity index is 278. The van der Waals surface area contributed by atoms with Gasteiger partial charge in [0.25, 0.3) is 0 Å². The van der Waals surface area contributed by atoms with Gasteiger partial charge in [0, 0.05) is 0 Å². The Kier molecular flexibility index (Phi) is 2.50. The van der Waals surface area contributed by atoms with Crippen LogP contribution in [0.15, 0.2) is 0 Å². The molecule has 37 valence electrons. The van der Waals surface area contributed by atoms with Crippen LogP contribution in [0.2, 0.25) is 0 Å². The molecule has 5 nitrogen and oxygen atoms in total. The van der Waals surface area contributed by atoms with Gasteiger partial charge in [-0.1, -0.05) is 0 Å². The second-order valence-corrected chi connectivity index (χ2v) is 4.41. The minimum atomic E-state index is -7.94. The van der Waals surface area contributed by atoms with E-state index in [-0.39, 0.29) is 18.9 Å².